The van der Waals surface area contributed by atoms with Crippen molar-refractivity contribution in [2.24, 2.45) is 5.73 Å². The zero-order valence-corrected chi connectivity index (χ0v) is 8.78. The fourth-order valence-electron chi connectivity index (χ4n) is 2.16. The maximum absolute atomic E-state index is 6.40. The van der Waals surface area contributed by atoms with E-state index in [9.17, 15) is 0 Å². The summed E-state index contributed by atoms with van der Waals surface area (Å²) < 4.78 is 0. The van der Waals surface area contributed by atoms with Crippen LogP contribution in [-0.2, 0) is 0 Å². The van der Waals surface area contributed by atoms with Gasteiger partial charge in [0.15, 0.2) is 0 Å². The van der Waals surface area contributed by atoms with E-state index in [0.717, 1.165) is 5.75 Å². The summed E-state index contributed by atoms with van der Waals surface area (Å²) in [6.45, 7) is 0. The monoisotopic (exact) mass is 195 g/mol. The SMILES string of the molecule is NC1(C2=CSCC=C2)CCCCC1. The maximum atomic E-state index is 6.40. The molecule has 0 aromatic rings. The molecule has 1 heterocycles. The predicted molar refractivity (Wildman–Crippen MR) is 59.7 cm³/mol. The average Bonchev–Trinajstić information content (AvgIpc) is 2.20. The molecule has 0 saturated heterocycles. The molecule has 1 saturated carbocycles. The summed E-state index contributed by atoms with van der Waals surface area (Å²) >= 11 is 1.87. The summed E-state index contributed by atoms with van der Waals surface area (Å²) in [4.78, 5) is 0. The number of hydrogen-bond donors (Lipinski definition) is 1. The van der Waals surface area contributed by atoms with Gasteiger partial charge in [-0.2, -0.15) is 0 Å². The Kier molecular flexibility index (Phi) is 2.80. The largest absolute Gasteiger partial charge is 0.321 e. The number of thioether (sulfide) groups is 1. The van der Waals surface area contributed by atoms with Crippen LogP contribution in [-0.4, -0.2) is 11.3 Å². The van der Waals surface area contributed by atoms with Crippen LogP contribution in [0.1, 0.15) is 32.1 Å². The molecule has 2 rings (SSSR count). The smallest absolute Gasteiger partial charge is 0.0414 e. The molecule has 0 aromatic carbocycles. The van der Waals surface area contributed by atoms with E-state index in [1.807, 2.05) is 11.8 Å². The lowest BCUT2D eigenvalue weighted by atomic mass is 9.77. The van der Waals surface area contributed by atoms with Gasteiger partial charge in [-0.3, -0.25) is 0 Å². The summed E-state index contributed by atoms with van der Waals surface area (Å²) in [6.07, 6.45) is 10.8. The molecule has 2 N–H and O–H groups in total. The maximum Gasteiger partial charge on any atom is 0.0414 e. The summed E-state index contributed by atoms with van der Waals surface area (Å²) in [5, 5.41) is 2.26. The lowest BCUT2D eigenvalue weighted by Gasteiger charge is -2.35. The summed E-state index contributed by atoms with van der Waals surface area (Å²) in [5.41, 5.74) is 7.77. The van der Waals surface area contributed by atoms with E-state index in [-0.39, 0.29) is 5.54 Å². The second-order valence-corrected chi connectivity index (χ2v) is 4.93. The van der Waals surface area contributed by atoms with Gasteiger partial charge in [0.25, 0.3) is 0 Å². The van der Waals surface area contributed by atoms with Crippen molar-refractivity contribution in [1.82, 2.24) is 0 Å². The van der Waals surface area contributed by atoms with Gasteiger partial charge in [0.05, 0.1) is 0 Å². The second kappa shape index (κ2) is 3.89. The molecule has 0 bridgehead atoms. The van der Waals surface area contributed by atoms with E-state index >= 15 is 0 Å². The normalized spacial score (nSPS) is 27.0. The van der Waals surface area contributed by atoms with Crippen LogP contribution in [0.3, 0.4) is 0 Å². The molecule has 72 valence electrons. The van der Waals surface area contributed by atoms with Crippen molar-refractivity contribution in [3.63, 3.8) is 0 Å². The van der Waals surface area contributed by atoms with Crippen LogP contribution in [0.25, 0.3) is 0 Å². The number of nitrogens with two attached hydrogens (primary N) is 1. The van der Waals surface area contributed by atoms with E-state index in [0.29, 0.717) is 0 Å². The van der Waals surface area contributed by atoms with Gasteiger partial charge < -0.3 is 5.73 Å². The van der Waals surface area contributed by atoms with Crippen LogP contribution in [0, 0.1) is 0 Å². The fourth-order valence-corrected chi connectivity index (χ4v) is 2.96. The minimum Gasteiger partial charge on any atom is -0.321 e. The third kappa shape index (κ3) is 2.00. The highest BCUT2D eigenvalue weighted by molar-refractivity contribution is 8.02. The molecule has 0 unspecified atom stereocenters. The fraction of sp³-hybridized carbons (Fsp3) is 0.636. The Morgan fingerprint density at radius 1 is 1.23 bits per heavy atom. The molecule has 2 heteroatoms. The van der Waals surface area contributed by atoms with Crippen LogP contribution in [0.4, 0.5) is 0 Å². The lowest BCUT2D eigenvalue weighted by molar-refractivity contribution is 0.347. The molecule has 0 amide bonds. The summed E-state index contributed by atoms with van der Waals surface area (Å²) in [5.74, 6) is 1.11. The summed E-state index contributed by atoms with van der Waals surface area (Å²) in [6, 6.07) is 0. The first-order valence-electron chi connectivity index (χ1n) is 5.09. The average molecular weight is 195 g/mol. The Bertz CT molecular complexity index is 236. The van der Waals surface area contributed by atoms with Gasteiger partial charge in [0.2, 0.25) is 0 Å². The summed E-state index contributed by atoms with van der Waals surface area (Å²) in [7, 11) is 0. The van der Waals surface area contributed by atoms with Crippen molar-refractivity contribution >= 4 is 11.8 Å². The first-order chi connectivity index (χ1) is 6.31. The predicted octanol–water partition coefficient (Wildman–Crippen LogP) is 2.83. The van der Waals surface area contributed by atoms with Gasteiger partial charge in [0.1, 0.15) is 0 Å². The standard InChI is InChI=1S/C11H17NS/c12-11(6-2-1-3-7-11)10-5-4-8-13-9-10/h4-5,9H,1-3,6-8,12H2. The van der Waals surface area contributed by atoms with Crippen molar-refractivity contribution in [1.29, 1.82) is 0 Å². The first-order valence-corrected chi connectivity index (χ1v) is 6.14. The van der Waals surface area contributed by atoms with E-state index in [2.05, 4.69) is 17.6 Å². The Hall–Kier alpha value is -0.210. The van der Waals surface area contributed by atoms with Crippen molar-refractivity contribution < 1.29 is 0 Å². The molecule has 1 nitrogen and oxygen atoms in total. The van der Waals surface area contributed by atoms with Crippen molar-refractivity contribution in [3.8, 4) is 0 Å². The zero-order valence-electron chi connectivity index (χ0n) is 7.96. The second-order valence-electron chi connectivity index (χ2n) is 4.03. The van der Waals surface area contributed by atoms with Gasteiger partial charge in [-0.25, -0.2) is 0 Å². The third-order valence-corrected chi connectivity index (χ3v) is 3.83. The highest BCUT2D eigenvalue weighted by Crippen LogP contribution is 2.35. The number of hydrogen-bond acceptors (Lipinski definition) is 2. The highest BCUT2D eigenvalue weighted by Gasteiger charge is 2.30. The molecule has 0 aromatic heterocycles. The van der Waals surface area contributed by atoms with Gasteiger partial charge in [-0.05, 0) is 23.8 Å². The van der Waals surface area contributed by atoms with Crippen LogP contribution >= 0.6 is 11.8 Å². The molecular weight excluding hydrogens is 178 g/mol. The van der Waals surface area contributed by atoms with Crippen molar-refractivity contribution in [3.05, 3.63) is 23.1 Å². The van der Waals surface area contributed by atoms with E-state index < -0.39 is 0 Å². The van der Waals surface area contributed by atoms with Crippen LogP contribution < -0.4 is 5.73 Å². The van der Waals surface area contributed by atoms with Gasteiger partial charge in [0, 0.05) is 11.3 Å². The Labute approximate surface area is 84.5 Å². The van der Waals surface area contributed by atoms with Crippen molar-refractivity contribution in [2.75, 3.05) is 5.75 Å². The highest BCUT2D eigenvalue weighted by atomic mass is 32.2. The Balaban J connectivity index is 2.12. The van der Waals surface area contributed by atoms with E-state index in [1.54, 1.807) is 0 Å². The molecule has 0 radical (unpaired) electrons. The molecule has 0 spiro atoms. The van der Waals surface area contributed by atoms with Crippen LogP contribution in [0.5, 0.6) is 0 Å². The van der Waals surface area contributed by atoms with Crippen molar-refractivity contribution in [2.45, 2.75) is 37.6 Å². The minimum absolute atomic E-state index is 0.00215. The molecular formula is C11H17NS. The molecule has 1 aliphatic carbocycles. The van der Waals surface area contributed by atoms with Gasteiger partial charge in [-0.1, -0.05) is 31.4 Å². The molecule has 2 aliphatic rings. The molecule has 1 fully saturated rings. The Morgan fingerprint density at radius 3 is 2.62 bits per heavy atom. The van der Waals surface area contributed by atoms with Gasteiger partial charge >= 0.3 is 0 Å². The Morgan fingerprint density at radius 2 is 2.00 bits per heavy atom. The number of rotatable bonds is 1. The first kappa shape index (κ1) is 9.35. The van der Waals surface area contributed by atoms with E-state index in [4.69, 9.17) is 5.73 Å². The van der Waals surface area contributed by atoms with Gasteiger partial charge in [-0.15, -0.1) is 11.8 Å². The molecule has 0 atom stereocenters. The lowest BCUT2D eigenvalue weighted by Crippen LogP contribution is -2.43. The third-order valence-electron chi connectivity index (χ3n) is 3.02. The zero-order chi connectivity index (χ0) is 9.15. The quantitative estimate of drug-likeness (QED) is 0.696. The topological polar surface area (TPSA) is 26.0 Å². The molecule has 13 heavy (non-hydrogen) atoms. The van der Waals surface area contributed by atoms with Crippen LogP contribution in [0.2, 0.25) is 0 Å². The van der Waals surface area contributed by atoms with Crippen LogP contribution in [0.15, 0.2) is 23.1 Å². The molecule has 1 aliphatic heterocycles. The minimum atomic E-state index is 0.00215. The van der Waals surface area contributed by atoms with E-state index in [1.165, 1.54) is 37.7 Å².